The van der Waals surface area contributed by atoms with Gasteiger partial charge in [-0.1, -0.05) is 24.6 Å². The third kappa shape index (κ3) is 3.54. The molecule has 1 aromatic carbocycles. The minimum atomic E-state index is 0.785. The van der Waals surface area contributed by atoms with Crippen molar-refractivity contribution in [2.24, 2.45) is 5.92 Å². The lowest BCUT2D eigenvalue weighted by Gasteiger charge is -2.26. The fourth-order valence-corrected chi connectivity index (χ4v) is 3.21. The van der Waals surface area contributed by atoms with Crippen molar-refractivity contribution in [3.05, 3.63) is 29.3 Å². The van der Waals surface area contributed by atoms with Crippen LogP contribution in [0.4, 0.5) is 5.69 Å². The molecule has 1 unspecified atom stereocenters. The van der Waals surface area contributed by atoms with Gasteiger partial charge in [-0.3, -0.25) is 0 Å². The quantitative estimate of drug-likeness (QED) is 0.895. The van der Waals surface area contributed by atoms with Crippen molar-refractivity contribution in [2.45, 2.75) is 58.5 Å². The van der Waals surface area contributed by atoms with Gasteiger partial charge < -0.3 is 10.2 Å². The maximum absolute atomic E-state index is 3.68. The third-order valence-electron chi connectivity index (χ3n) is 4.75. The van der Waals surface area contributed by atoms with Crippen molar-refractivity contribution >= 4 is 5.69 Å². The summed E-state index contributed by atoms with van der Waals surface area (Å²) in [7, 11) is 0. The van der Waals surface area contributed by atoms with Crippen LogP contribution in [0.2, 0.25) is 0 Å². The Morgan fingerprint density at radius 3 is 2.80 bits per heavy atom. The molecule has 1 saturated heterocycles. The summed E-state index contributed by atoms with van der Waals surface area (Å²) in [6, 6.07) is 7.77. The van der Waals surface area contributed by atoms with Crippen LogP contribution in [0.15, 0.2) is 18.2 Å². The van der Waals surface area contributed by atoms with Crippen molar-refractivity contribution in [3.63, 3.8) is 0 Å². The second kappa shape index (κ2) is 6.17. The molecule has 110 valence electrons. The number of aryl methyl sites for hydroxylation is 1. The predicted molar refractivity (Wildman–Crippen MR) is 86.3 cm³/mol. The van der Waals surface area contributed by atoms with Crippen LogP contribution < -0.4 is 10.2 Å². The Morgan fingerprint density at radius 2 is 2.00 bits per heavy atom. The van der Waals surface area contributed by atoms with E-state index in [1.54, 1.807) is 0 Å². The predicted octanol–water partition coefficient (Wildman–Crippen LogP) is 3.87. The lowest BCUT2D eigenvalue weighted by atomic mass is 10.0. The molecule has 20 heavy (non-hydrogen) atoms. The maximum Gasteiger partial charge on any atom is 0.0412 e. The molecule has 2 heteroatoms. The van der Waals surface area contributed by atoms with Gasteiger partial charge in [0.1, 0.15) is 0 Å². The lowest BCUT2D eigenvalue weighted by Crippen LogP contribution is -2.27. The minimum Gasteiger partial charge on any atom is -0.371 e. The molecule has 3 rings (SSSR count). The molecule has 1 aromatic rings. The van der Waals surface area contributed by atoms with Crippen molar-refractivity contribution in [1.82, 2.24) is 5.32 Å². The van der Waals surface area contributed by atoms with Crippen molar-refractivity contribution in [2.75, 3.05) is 18.0 Å². The summed E-state index contributed by atoms with van der Waals surface area (Å²) in [5, 5.41) is 3.68. The van der Waals surface area contributed by atoms with E-state index in [0.29, 0.717) is 0 Å². The number of rotatable bonds is 4. The van der Waals surface area contributed by atoms with Gasteiger partial charge in [0.25, 0.3) is 0 Å². The number of nitrogens with zero attached hydrogens (tertiary/aromatic N) is 1. The highest BCUT2D eigenvalue weighted by atomic mass is 15.1. The maximum atomic E-state index is 3.68. The van der Waals surface area contributed by atoms with E-state index in [0.717, 1.165) is 18.5 Å². The van der Waals surface area contributed by atoms with E-state index < -0.39 is 0 Å². The summed E-state index contributed by atoms with van der Waals surface area (Å²) in [4.78, 5) is 2.62. The van der Waals surface area contributed by atoms with Crippen LogP contribution >= 0.6 is 0 Å². The molecule has 0 amide bonds. The second-order valence-corrected chi connectivity index (χ2v) is 6.81. The van der Waals surface area contributed by atoms with Gasteiger partial charge in [0.15, 0.2) is 0 Å². The van der Waals surface area contributed by atoms with E-state index in [1.165, 1.54) is 62.0 Å². The summed E-state index contributed by atoms with van der Waals surface area (Å²) >= 11 is 0. The molecule has 0 radical (unpaired) electrons. The van der Waals surface area contributed by atoms with E-state index in [2.05, 4.69) is 42.3 Å². The summed E-state index contributed by atoms with van der Waals surface area (Å²) < 4.78 is 0. The van der Waals surface area contributed by atoms with Gasteiger partial charge in [0.05, 0.1) is 0 Å². The van der Waals surface area contributed by atoms with Gasteiger partial charge in [0, 0.05) is 31.4 Å². The van der Waals surface area contributed by atoms with Crippen molar-refractivity contribution in [3.8, 4) is 0 Å². The van der Waals surface area contributed by atoms with Crippen molar-refractivity contribution < 1.29 is 0 Å². The van der Waals surface area contributed by atoms with Gasteiger partial charge in [-0.15, -0.1) is 0 Å². The molecule has 2 aliphatic rings. The van der Waals surface area contributed by atoms with Crippen LogP contribution in [-0.4, -0.2) is 19.1 Å². The molecule has 2 fully saturated rings. The molecule has 1 N–H and O–H groups in total. The molecular formula is C18H28N2. The molecule has 1 aliphatic carbocycles. The smallest absolute Gasteiger partial charge is 0.0412 e. The van der Waals surface area contributed by atoms with Crippen LogP contribution in [0.1, 0.15) is 50.2 Å². The zero-order valence-electron chi connectivity index (χ0n) is 13.0. The number of hydrogen-bond donors (Lipinski definition) is 1. The number of nitrogens with one attached hydrogen (secondary N) is 1. The van der Waals surface area contributed by atoms with Crippen LogP contribution in [0.5, 0.6) is 0 Å². The van der Waals surface area contributed by atoms with Gasteiger partial charge >= 0.3 is 0 Å². The Bertz CT molecular complexity index is 451. The van der Waals surface area contributed by atoms with Gasteiger partial charge in [-0.05, 0) is 56.6 Å². The molecular weight excluding hydrogens is 244 g/mol. The topological polar surface area (TPSA) is 15.3 Å². The van der Waals surface area contributed by atoms with E-state index in [4.69, 9.17) is 0 Å². The van der Waals surface area contributed by atoms with E-state index in [1.807, 2.05) is 0 Å². The van der Waals surface area contributed by atoms with Gasteiger partial charge in [-0.25, -0.2) is 0 Å². The fraction of sp³-hybridized carbons (Fsp3) is 0.667. The van der Waals surface area contributed by atoms with E-state index >= 15 is 0 Å². The standard InChI is InChI=1S/C18H28N2/c1-14-4-3-10-20(11-9-14)18-8-5-15(2)12-16(18)13-19-17-6-7-17/h5,8,12,14,17,19H,3-4,6-7,9-11,13H2,1-2H3. The molecule has 0 aromatic heterocycles. The Balaban J connectivity index is 1.75. The first-order valence-electron chi connectivity index (χ1n) is 8.30. The Kier molecular flexibility index (Phi) is 4.30. The average molecular weight is 272 g/mol. The highest BCUT2D eigenvalue weighted by Gasteiger charge is 2.21. The van der Waals surface area contributed by atoms with Crippen molar-refractivity contribution in [1.29, 1.82) is 0 Å². The zero-order chi connectivity index (χ0) is 13.9. The van der Waals surface area contributed by atoms with E-state index in [9.17, 15) is 0 Å². The van der Waals surface area contributed by atoms with Crippen LogP contribution in [0.3, 0.4) is 0 Å². The van der Waals surface area contributed by atoms with Crippen LogP contribution in [0.25, 0.3) is 0 Å². The minimum absolute atomic E-state index is 0.785. The highest BCUT2D eigenvalue weighted by Crippen LogP contribution is 2.27. The average Bonchev–Trinajstić information content (AvgIpc) is 3.25. The first-order chi connectivity index (χ1) is 9.72. The third-order valence-corrected chi connectivity index (χ3v) is 4.75. The Hall–Kier alpha value is -1.02. The normalized spacial score (nSPS) is 23.7. The summed E-state index contributed by atoms with van der Waals surface area (Å²) in [5.74, 6) is 0.887. The van der Waals surface area contributed by atoms with Crippen LogP contribution in [0, 0.1) is 12.8 Å². The molecule has 1 saturated carbocycles. The Labute approximate surface area is 123 Å². The first kappa shape index (κ1) is 13.9. The van der Waals surface area contributed by atoms with Gasteiger partial charge in [-0.2, -0.15) is 0 Å². The monoisotopic (exact) mass is 272 g/mol. The number of benzene rings is 1. The number of anilines is 1. The van der Waals surface area contributed by atoms with Gasteiger partial charge in [0.2, 0.25) is 0 Å². The largest absolute Gasteiger partial charge is 0.371 e. The molecule has 1 heterocycles. The highest BCUT2D eigenvalue weighted by molar-refractivity contribution is 5.55. The zero-order valence-corrected chi connectivity index (χ0v) is 13.0. The molecule has 2 nitrogen and oxygen atoms in total. The van der Waals surface area contributed by atoms with E-state index in [-0.39, 0.29) is 0 Å². The Morgan fingerprint density at radius 1 is 1.15 bits per heavy atom. The molecule has 0 spiro atoms. The van der Waals surface area contributed by atoms with Crippen LogP contribution in [-0.2, 0) is 6.54 Å². The number of hydrogen-bond acceptors (Lipinski definition) is 2. The molecule has 1 aliphatic heterocycles. The summed E-state index contributed by atoms with van der Waals surface area (Å²) in [6.07, 6.45) is 6.79. The summed E-state index contributed by atoms with van der Waals surface area (Å²) in [6.45, 7) is 8.08. The summed E-state index contributed by atoms with van der Waals surface area (Å²) in [5.41, 5.74) is 4.34. The first-order valence-corrected chi connectivity index (χ1v) is 8.30. The fourth-order valence-electron chi connectivity index (χ4n) is 3.21. The molecule has 1 atom stereocenters. The molecule has 0 bridgehead atoms. The lowest BCUT2D eigenvalue weighted by molar-refractivity contribution is 0.521. The SMILES string of the molecule is Cc1ccc(N2CCCC(C)CC2)c(CNC2CC2)c1. The second-order valence-electron chi connectivity index (χ2n) is 6.81.